The average molecular weight is 784 g/mol. The van der Waals surface area contributed by atoms with Gasteiger partial charge in [0.2, 0.25) is 0 Å². The minimum absolute atomic E-state index is 0.354. The van der Waals surface area contributed by atoms with Gasteiger partial charge in [0.25, 0.3) is 0 Å². The zero-order valence-electron chi connectivity index (χ0n) is 21.6. The van der Waals surface area contributed by atoms with Crippen LogP contribution in [0.25, 0.3) is 11.1 Å². The molecule has 4 rings (SSSR count). The highest BCUT2D eigenvalue weighted by Crippen LogP contribution is 2.37. The SMILES string of the molecule is [O-]C1(c2ccc(-c3ccc(C4([O-])OCCC[N+]4(CCBr)CCBr)cc3)cc2)C[N+](CCBr)(CCBr)CCO1. The zero-order valence-corrected chi connectivity index (χ0v) is 27.9. The van der Waals surface area contributed by atoms with Crippen molar-refractivity contribution in [3.63, 3.8) is 0 Å². The van der Waals surface area contributed by atoms with Crippen molar-refractivity contribution in [2.45, 2.75) is 18.1 Å². The molecule has 2 aromatic carbocycles. The maximum absolute atomic E-state index is 14.3. The third kappa shape index (κ3) is 6.30. The van der Waals surface area contributed by atoms with Gasteiger partial charge in [-0.1, -0.05) is 112 Å². The Morgan fingerprint density at radius 3 is 1.71 bits per heavy atom. The molecule has 0 N–H and O–H groups in total. The highest BCUT2D eigenvalue weighted by atomic mass is 79.9. The smallest absolute Gasteiger partial charge is 0.171 e. The summed E-state index contributed by atoms with van der Waals surface area (Å²) in [5.74, 6) is -3.20. The second kappa shape index (κ2) is 13.4. The summed E-state index contributed by atoms with van der Waals surface area (Å²) < 4.78 is 12.9. The van der Waals surface area contributed by atoms with Crippen LogP contribution >= 0.6 is 63.7 Å². The molecule has 2 aliphatic rings. The third-order valence-corrected chi connectivity index (χ3v) is 9.57. The van der Waals surface area contributed by atoms with Crippen LogP contribution in [0, 0.1) is 0 Å². The molecule has 2 atom stereocenters. The topological polar surface area (TPSA) is 64.6 Å². The van der Waals surface area contributed by atoms with Crippen molar-refractivity contribution in [1.82, 2.24) is 0 Å². The highest BCUT2D eigenvalue weighted by molar-refractivity contribution is 9.09. The molecule has 38 heavy (non-hydrogen) atoms. The van der Waals surface area contributed by atoms with E-state index in [2.05, 4.69) is 63.7 Å². The minimum atomic E-state index is -1.63. The first kappa shape index (κ1) is 31.1. The third-order valence-electron chi connectivity index (χ3n) is 8.15. The molecule has 0 aliphatic carbocycles. The molecule has 2 saturated heterocycles. The van der Waals surface area contributed by atoms with E-state index in [0.29, 0.717) is 48.5 Å². The van der Waals surface area contributed by atoms with Gasteiger partial charge in [0, 0.05) is 12.0 Å². The first-order valence-corrected chi connectivity index (χ1v) is 17.6. The van der Waals surface area contributed by atoms with Gasteiger partial charge < -0.3 is 28.7 Å². The molecule has 2 aromatic rings. The number of hydrogen-bond acceptors (Lipinski definition) is 4. The van der Waals surface area contributed by atoms with Crippen LogP contribution in [0.1, 0.15) is 17.5 Å². The highest BCUT2D eigenvalue weighted by Gasteiger charge is 2.46. The molecule has 0 aromatic heterocycles. The summed E-state index contributed by atoms with van der Waals surface area (Å²) in [5, 5.41) is 31.3. The molecule has 0 saturated carbocycles. The standard InChI is InChI=1S/C28H36Br4N2O4/c29-10-15-33(16-11-30)19-21-37-27(35,22-33)25-6-2-23(3-7-25)24-4-8-26(9-5-24)28(36)34(17-12-31,18-13-32)14-1-20-38-28/h2-9H,1,10-22H2. The average Bonchev–Trinajstić information content (AvgIpc) is 2.91. The minimum Gasteiger partial charge on any atom is -0.821 e. The van der Waals surface area contributed by atoms with E-state index >= 15 is 0 Å². The van der Waals surface area contributed by atoms with Gasteiger partial charge >= 0.3 is 0 Å². The largest absolute Gasteiger partial charge is 0.821 e. The predicted molar refractivity (Wildman–Crippen MR) is 162 cm³/mol. The lowest BCUT2D eigenvalue weighted by Crippen LogP contribution is -2.73. The molecule has 210 valence electrons. The van der Waals surface area contributed by atoms with Crippen molar-refractivity contribution in [1.29, 1.82) is 0 Å². The molecule has 2 heterocycles. The number of halogens is 4. The zero-order chi connectivity index (χ0) is 27.3. The van der Waals surface area contributed by atoms with Crippen molar-refractivity contribution in [3.8, 4) is 11.1 Å². The number of ether oxygens (including phenoxy) is 2. The van der Waals surface area contributed by atoms with Gasteiger partial charge in [0.1, 0.15) is 6.54 Å². The predicted octanol–water partition coefficient (Wildman–Crippen LogP) is 4.00. The molecule has 0 bridgehead atoms. The summed E-state index contributed by atoms with van der Waals surface area (Å²) >= 11 is 14.2. The van der Waals surface area contributed by atoms with Gasteiger partial charge in [0.05, 0.1) is 79.6 Å². The first-order valence-electron chi connectivity index (χ1n) is 13.1. The van der Waals surface area contributed by atoms with Gasteiger partial charge in [-0.2, -0.15) is 0 Å². The molecule has 0 spiro atoms. The Balaban J connectivity index is 1.56. The maximum atomic E-state index is 14.3. The Morgan fingerprint density at radius 1 is 0.658 bits per heavy atom. The van der Waals surface area contributed by atoms with Crippen LogP contribution in [-0.4, -0.2) is 89.3 Å². The van der Waals surface area contributed by atoms with Gasteiger partial charge in [-0.25, -0.2) is 0 Å². The van der Waals surface area contributed by atoms with Crippen molar-refractivity contribution in [3.05, 3.63) is 59.7 Å². The second-order valence-corrected chi connectivity index (χ2v) is 13.5. The lowest BCUT2D eigenvalue weighted by molar-refractivity contribution is -1.09. The number of hydrogen-bond donors (Lipinski definition) is 0. The molecule has 2 aliphatic heterocycles. The van der Waals surface area contributed by atoms with E-state index in [4.69, 9.17) is 9.47 Å². The first-order chi connectivity index (χ1) is 18.3. The van der Waals surface area contributed by atoms with Crippen LogP contribution in [-0.2, 0) is 21.2 Å². The quantitative estimate of drug-likeness (QED) is 0.256. The Hall–Kier alpha value is 0.120. The van der Waals surface area contributed by atoms with Crippen molar-refractivity contribution < 1.29 is 28.7 Å². The number of quaternary nitrogens is 2. The van der Waals surface area contributed by atoms with Crippen molar-refractivity contribution in [2.24, 2.45) is 0 Å². The van der Waals surface area contributed by atoms with Crippen LogP contribution in [0.3, 0.4) is 0 Å². The Labute approximate surface area is 260 Å². The number of morpholine rings is 1. The fraction of sp³-hybridized carbons (Fsp3) is 0.571. The Morgan fingerprint density at radius 2 is 1.18 bits per heavy atom. The molecular weight excluding hydrogens is 748 g/mol. The molecular formula is C28H36Br4N2O4. The lowest BCUT2D eigenvalue weighted by Gasteiger charge is -2.59. The van der Waals surface area contributed by atoms with E-state index in [1.807, 2.05) is 48.5 Å². The Bertz CT molecular complexity index is 1020. The van der Waals surface area contributed by atoms with Crippen LogP contribution < -0.4 is 10.2 Å². The lowest BCUT2D eigenvalue weighted by atomic mass is 9.96. The van der Waals surface area contributed by atoms with E-state index in [1.165, 1.54) is 0 Å². The van der Waals surface area contributed by atoms with E-state index in [9.17, 15) is 10.2 Å². The van der Waals surface area contributed by atoms with Gasteiger partial charge in [0.15, 0.2) is 5.91 Å². The number of nitrogens with zero attached hydrogens (tertiary/aromatic N) is 2. The fourth-order valence-electron chi connectivity index (χ4n) is 5.96. The molecule has 2 unspecified atom stereocenters. The van der Waals surface area contributed by atoms with E-state index in [-0.39, 0.29) is 0 Å². The summed E-state index contributed by atoms with van der Waals surface area (Å²) in [6.45, 7) is 6.21. The van der Waals surface area contributed by atoms with Crippen LogP contribution in [0.15, 0.2) is 48.5 Å². The summed E-state index contributed by atoms with van der Waals surface area (Å²) in [6, 6.07) is 15.5. The summed E-state index contributed by atoms with van der Waals surface area (Å²) in [4.78, 5) is 0. The van der Waals surface area contributed by atoms with Gasteiger partial charge in [-0.3, -0.25) is 0 Å². The summed E-state index contributed by atoms with van der Waals surface area (Å²) in [5.41, 5.74) is 3.30. The van der Waals surface area contributed by atoms with Crippen LogP contribution in [0.5, 0.6) is 0 Å². The maximum Gasteiger partial charge on any atom is 0.171 e. The molecule has 0 radical (unpaired) electrons. The molecule has 10 heteroatoms. The second-order valence-electron chi connectivity index (χ2n) is 10.3. The van der Waals surface area contributed by atoms with E-state index < -0.39 is 11.7 Å². The monoisotopic (exact) mass is 780 g/mol. The van der Waals surface area contributed by atoms with Gasteiger partial charge in [-0.05, 0) is 16.7 Å². The van der Waals surface area contributed by atoms with E-state index in [1.54, 1.807) is 0 Å². The normalized spacial score (nSPS) is 26.8. The van der Waals surface area contributed by atoms with Crippen molar-refractivity contribution >= 4 is 63.7 Å². The van der Waals surface area contributed by atoms with Gasteiger partial charge in [-0.15, -0.1) is 0 Å². The molecule has 6 nitrogen and oxygen atoms in total. The van der Waals surface area contributed by atoms with Crippen LogP contribution in [0.4, 0.5) is 0 Å². The Kier molecular flexibility index (Phi) is 11.0. The fourth-order valence-corrected chi connectivity index (χ4v) is 8.82. The number of alkyl halides is 4. The van der Waals surface area contributed by atoms with E-state index in [0.717, 1.165) is 69.5 Å². The summed E-state index contributed by atoms with van der Waals surface area (Å²) in [6.07, 6.45) is 0.881. The van der Waals surface area contributed by atoms with Crippen molar-refractivity contribution in [2.75, 3.05) is 80.3 Å². The number of benzene rings is 2. The molecule has 2 fully saturated rings. The van der Waals surface area contributed by atoms with Crippen LogP contribution in [0.2, 0.25) is 0 Å². The number of rotatable bonds is 11. The molecule has 0 amide bonds. The summed E-state index contributed by atoms with van der Waals surface area (Å²) in [7, 11) is 0.